The molecule has 2 atom stereocenters. The molecule has 1 aliphatic carbocycles. The summed E-state index contributed by atoms with van der Waals surface area (Å²) in [5.74, 6) is 1.10. The molecule has 3 aromatic rings. The molecule has 0 aliphatic heterocycles. The molecule has 1 fully saturated rings. The Morgan fingerprint density at radius 3 is 2.95 bits per heavy atom. The smallest absolute Gasteiger partial charge is 0.128 e. The highest BCUT2D eigenvalue weighted by Crippen LogP contribution is 2.60. The van der Waals surface area contributed by atoms with Crippen molar-refractivity contribution in [3.05, 3.63) is 52.5 Å². The molecular weight excluding hydrogens is 254 g/mol. The maximum Gasteiger partial charge on any atom is 0.128 e. The Kier molecular flexibility index (Phi) is 2.09. The Bertz CT molecular complexity index is 748. The number of para-hydroxylation sites is 2. The lowest BCUT2D eigenvalue weighted by atomic mass is 10.0. The predicted molar refractivity (Wildman–Crippen MR) is 75.1 cm³/mol. The third-order valence-electron chi connectivity index (χ3n) is 3.86. The van der Waals surface area contributed by atoms with Crippen LogP contribution in [-0.2, 0) is 5.41 Å². The van der Waals surface area contributed by atoms with Gasteiger partial charge in [0.2, 0.25) is 0 Å². The second-order valence-electron chi connectivity index (χ2n) is 4.96. The largest absolute Gasteiger partial charge is 0.341 e. The van der Waals surface area contributed by atoms with E-state index >= 15 is 0 Å². The van der Waals surface area contributed by atoms with E-state index in [0.29, 0.717) is 0 Å². The van der Waals surface area contributed by atoms with Crippen molar-refractivity contribution in [2.24, 2.45) is 0 Å². The average molecular weight is 265 g/mol. The summed E-state index contributed by atoms with van der Waals surface area (Å²) in [6, 6.07) is 14.6. The zero-order valence-corrected chi connectivity index (χ0v) is 10.9. The number of aromatic nitrogens is 2. The Morgan fingerprint density at radius 1 is 1.32 bits per heavy atom. The molecule has 0 unspecified atom stereocenters. The number of rotatable bonds is 2. The Labute approximate surface area is 114 Å². The topological polar surface area (TPSA) is 52.5 Å². The fraction of sp³-hybridized carbons (Fsp3) is 0.200. The highest BCUT2D eigenvalue weighted by atomic mass is 32.1. The molecule has 1 saturated carbocycles. The molecule has 3 nitrogen and oxygen atoms in total. The number of hydrogen-bond donors (Lipinski definition) is 1. The van der Waals surface area contributed by atoms with E-state index in [0.717, 1.165) is 23.3 Å². The SMILES string of the molecule is N#C[C@@]1(c2nc3ccccc3[nH]2)C[C@H]1c1cccs1. The van der Waals surface area contributed by atoms with Gasteiger partial charge < -0.3 is 4.98 Å². The lowest BCUT2D eigenvalue weighted by Gasteiger charge is -2.03. The first-order valence-electron chi connectivity index (χ1n) is 6.23. The molecule has 2 aromatic heterocycles. The van der Waals surface area contributed by atoms with Crippen molar-refractivity contribution < 1.29 is 0 Å². The molecule has 0 amide bonds. The minimum absolute atomic E-state index is 0.290. The summed E-state index contributed by atoms with van der Waals surface area (Å²) < 4.78 is 0. The van der Waals surface area contributed by atoms with Crippen molar-refractivity contribution in [1.29, 1.82) is 5.26 Å². The molecule has 0 bridgehead atoms. The second kappa shape index (κ2) is 3.69. The number of hydrogen-bond acceptors (Lipinski definition) is 3. The van der Waals surface area contributed by atoms with Crippen LogP contribution in [0.4, 0.5) is 0 Å². The van der Waals surface area contributed by atoms with Crippen LogP contribution in [-0.4, -0.2) is 9.97 Å². The number of nitriles is 1. The summed E-state index contributed by atoms with van der Waals surface area (Å²) in [6.45, 7) is 0. The van der Waals surface area contributed by atoms with Gasteiger partial charge in [0.25, 0.3) is 0 Å². The van der Waals surface area contributed by atoms with Crippen LogP contribution in [0.3, 0.4) is 0 Å². The summed E-state index contributed by atoms with van der Waals surface area (Å²) in [5, 5.41) is 11.7. The van der Waals surface area contributed by atoms with Gasteiger partial charge in [-0.15, -0.1) is 11.3 Å². The van der Waals surface area contributed by atoms with Crippen molar-refractivity contribution in [2.75, 3.05) is 0 Å². The van der Waals surface area contributed by atoms with Gasteiger partial charge in [-0.2, -0.15) is 5.26 Å². The number of thiophene rings is 1. The Morgan fingerprint density at radius 2 is 2.21 bits per heavy atom. The number of H-pyrrole nitrogens is 1. The first-order chi connectivity index (χ1) is 9.33. The lowest BCUT2D eigenvalue weighted by molar-refractivity contribution is 0.795. The van der Waals surface area contributed by atoms with E-state index in [9.17, 15) is 5.26 Å². The third-order valence-corrected chi connectivity index (χ3v) is 4.84. The van der Waals surface area contributed by atoms with Gasteiger partial charge in [0.1, 0.15) is 11.2 Å². The van der Waals surface area contributed by atoms with Crippen molar-refractivity contribution in [2.45, 2.75) is 17.8 Å². The maximum absolute atomic E-state index is 9.60. The molecule has 0 spiro atoms. The highest BCUT2D eigenvalue weighted by molar-refractivity contribution is 7.10. The predicted octanol–water partition coefficient (Wildman–Crippen LogP) is 3.57. The molecule has 92 valence electrons. The van der Waals surface area contributed by atoms with E-state index in [4.69, 9.17) is 0 Å². The lowest BCUT2D eigenvalue weighted by Crippen LogP contribution is -2.08. The zero-order valence-electron chi connectivity index (χ0n) is 10.1. The Balaban J connectivity index is 1.81. The van der Waals surface area contributed by atoms with Crippen LogP contribution in [0.5, 0.6) is 0 Å². The van der Waals surface area contributed by atoms with E-state index in [-0.39, 0.29) is 5.92 Å². The van der Waals surface area contributed by atoms with E-state index < -0.39 is 5.41 Å². The number of fused-ring (bicyclic) bond motifs is 1. The number of nitrogens with one attached hydrogen (secondary N) is 1. The first-order valence-corrected chi connectivity index (χ1v) is 7.11. The van der Waals surface area contributed by atoms with Crippen molar-refractivity contribution in [1.82, 2.24) is 9.97 Å². The van der Waals surface area contributed by atoms with E-state index in [2.05, 4.69) is 27.5 Å². The Hall–Kier alpha value is -2.12. The molecule has 0 saturated heterocycles. The molecule has 1 N–H and O–H groups in total. The first kappa shape index (κ1) is 10.8. The molecule has 19 heavy (non-hydrogen) atoms. The van der Waals surface area contributed by atoms with Gasteiger partial charge in [-0.1, -0.05) is 18.2 Å². The van der Waals surface area contributed by atoms with Crippen LogP contribution >= 0.6 is 11.3 Å². The molecule has 0 radical (unpaired) electrons. The zero-order chi connectivity index (χ0) is 12.9. The minimum atomic E-state index is -0.454. The summed E-state index contributed by atoms with van der Waals surface area (Å²) in [6.07, 6.45) is 0.865. The van der Waals surface area contributed by atoms with Gasteiger partial charge in [-0.25, -0.2) is 4.98 Å². The second-order valence-corrected chi connectivity index (χ2v) is 5.94. The number of benzene rings is 1. The summed E-state index contributed by atoms with van der Waals surface area (Å²) in [5.41, 5.74) is 1.48. The van der Waals surface area contributed by atoms with Gasteiger partial charge in [0.15, 0.2) is 0 Å². The monoisotopic (exact) mass is 265 g/mol. The highest BCUT2D eigenvalue weighted by Gasteiger charge is 2.59. The van der Waals surface area contributed by atoms with E-state index in [1.54, 1.807) is 11.3 Å². The summed E-state index contributed by atoms with van der Waals surface area (Å²) in [7, 11) is 0. The average Bonchev–Trinajstić information content (AvgIpc) is 2.85. The van der Waals surface area contributed by atoms with Crippen molar-refractivity contribution in [3.63, 3.8) is 0 Å². The molecule has 1 aliphatic rings. The van der Waals surface area contributed by atoms with Gasteiger partial charge in [0.05, 0.1) is 17.1 Å². The van der Waals surface area contributed by atoms with Gasteiger partial charge >= 0.3 is 0 Å². The molecule has 1 aromatic carbocycles. The maximum atomic E-state index is 9.60. The fourth-order valence-corrected chi connectivity index (χ4v) is 3.62. The molecule has 4 rings (SSSR count). The van der Waals surface area contributed by atoms with Crippen LogP contribution in [0, 0.1) is 11.3 Å². The number of imidazole rings is 1. The molecule has 2 heterocycles. The molecule has 4 heteroatoms. The van der Waals surface area contributed by atoms with Crippen LogP contribution in [0.1, 0.15) is 23.0 Å². The van der Waals surface area contributed by atoms with Crippen LogP contribution in [0.25, 0.3) is 11.0 Å². The summed E-state index contributed by atoms with van der Waals surface area (Å²) >= 11 is 1.72. The van der Waals surface area contributed by atoms with Crippen molar-refractivity contribution in [3.8, 4) is 6.07 Å². The van der Waals surface area contributed by atoms with E-state index in [1.807, 2.05) is 30.3 Å². The number of nitrogens with zero attached hydrogens (tertiary/aromatic N) is 2. The fourth-order valence-electron chi connectivity index (χ4n) is 2.70. The standard InChI is InChI=1S/C15H11N3S/c16-9-15(8-10(15)13-6-3-7-19-13)14-17-11-4-1-2-5-12(11)18-14/h1-7,10H,8H2,(H,17,18)/t10-,15-/m0/s1. The quantitative estimate of drug-likeness (QED) is 0.770. The van der Waals surface area contributed by atoms with Gasteiger partial charge in [0, 0.05) is 10.8 Å². The minimum Gasteiger partial charge on any atom is -0.341 e. The van der Waals surface area contributed by atoms with Crippen LogP contribution in [0.15, 0.2) is 41.8 Å². The van der Waals surface area contributed by atoms with Gasteiger partial charge in [-0.3, -0.25) is 0 Å². The third kappa shape index (κ3) is 1.45. The van der Waals surface area contributed by atoms with Crippen LogP contribution in [0.2, 0.25) is 0 Å². The summed E-state index contributed by atoms with van der Waals surface area (Å²) in [4.78, 5) is 9.20. The number of aromatic amines is 1. The van der Waals surface area contributed by atoms with Crippen molar-refractivity contribution >= 4 is 22.4 Å². The molecular formula is C15H11N3S. The van der Waals surface area contributed by atoms with E-state index in [1.165, 1.54) is 4.88 Å². The van der Waals surface area contributed by atoms with Crippen LogP contribution < -0.4 is 0 Å². The van der Waals surface area contributed by atoms with Gasteiger partial charge in [-0.05, 0) is 30.0 Å². The normalized spacial score (nSPS) is 25.3.